The molecule has 3 aromatic rings. The average molecular weight is 561 g/mol. The minimum atomic E-state index is 0.353. The number of nitrogens with zero attached hydrogens (tertiary/aromatic N) is 4. The van der Waals surface area contributed by atoms with E-state index in [2.05, 4.69) is 36.8 Å². The maximum absolute atomic E-state index is 6.10. The number of halogens is 3. The van der Waals surface area contributed by atoms with Crippen LogP contribution in [0.2, 0.25) is 10.0 Å². The second kappa shape index (κ2) is 12.6. The van der Waals surface area contributed by atoms with Crippen molar-refractivity contribution in [2.45, 2.75) is 31.7 Å². The Morgan fingerprint density at radius 3 is 2.69 bits per heavy atom. The van der Waals surface area contributed by atoms with Gasteiger partial charge in [-0.25, -0.2) is 4.68 Å². The molecule has 0 atom stereocenters. The minimum Gasteiger partial charge on any atom is -0.490 e. The van der Waals surface area contributed by atoms with Crippen LogP contribution in [0.25, 0.3) is 0 Å². The average Bonchev–Trinajstić information content (AvgIpc) is 3.17. The zero-order valence-electron chi connectivity index (χ0n) is 17.8. The van der Waals surface area contributed by atoms with Gasteiger partial charge in [0.2, 0.25) is 5.16 Å². The van der Waals surface area contributed by atoms with E-state index >= 15 is 0 Å². The van der Waals surface area contributed by atoms with E-state index in [-0.39, 0.29) is 0 Å². The molecule has 0 bridgehead atoms. The van der Waals surface area contributed by atoms with Crippen LogP contribution < -0.4 is 14.8 Å². The van der Waals surface area contributed by atoms with Crippen molar-refractivity contribution in [2.75, 3.05) is 18.9 Å². The van der Waals surface area contributed by atoms with Crippen LogP contribution in [0.1, 0.15) is 24.5 Å². The first-order valence-corrected chi connectivity index (χ1v) is 12.6. The first-order chi connectivity index (χ1) is 15.5. The molecule has 3 rings (SSSR count). The molecule has 172 valence electrons. The number of aryl methyl sites for hydroxylation is 1. The second-order valence-electron chi connectivity index (χ2n) is 6.84. The quantitative estimate of drug-likeness (QED) is 0.230. The highest BCUT2D eigenvalue weighted by atomic mass is 79.9. The SMILES string of the molecule is CCOc1cc(CNCCCSc2nnnn2C)cc(Br)c1OCc1ccc(Cl)c(Cl)c1. The summed E-state index contributed by atoms with van der Waals surface area (Å²) >= 11 is 17.4. The van der Waals surface area contributed by atoms with Crippen molar-refractivity contribution in [1.29, 1.82) is 0 Å². The number of thioether (sulfide) groups is 1. The third kappa shape index (κ3) is 7.25. The third-order valence-corrected chi connectivity index (χ3v) is 6.80. The highest BCUT2D eigenvalue weighted by molar-refractivity contribution is 9.10. The van der Waals surface area contributed by atoms with Gasteiger partial charge in [-0.1, -0.05) is 41.0 Å². The van der Waals surface area contributed by atoms with E-state index < -0.39 is 0 Å². The minimum absolute atomic E-state index is 0.353. The summed E-state index contributed by atoms with van der Waals surface area (Å²) in [6.45, 7) is 4.45. The summed E-state index contributed by atoms with van der Waals surface area (Å²) in [4.78, 5) is 0. The number of hydrogen-bond acceptors (Lipinski definition) is 7. The molecule has 1 aromatic heterocycles. The molecule has 11 heteroatoms. The molecule has 0 aliphatic heterocycles. The Morgan fingerprint density at radius 1 is 1.12 bits per heavy atom. The Morgan fingerprint density at radius 2 is 1.97 bits per heavy atom. The fraction of sp³-hybridized carbons (Fsp3) is 0.381. The van der Waals surface area contributed by atoms with Crippen molar-refractivity contribution in [3.63, 3.8) is 0 Å². The van der Waals surface area contributed by atoms with E-state index in [9.17, 15) is 0 Å². The van der Waals surface area contributed by atoms with Gasteiger partial charge in [-0.15, -0.1) is 5.10 Å². The van der Waals surface area contributed by atoms with Crippen molar-refractivity contribution in [2.24, 2.45) is 7.05 Å². The molecule has 0 amide bonds. The molecule has 0 aliphatic rings. The number of hydrogen-bond donors (Lipinski definition) is 1. The van der Waals surface area contributed by atoms with Gasteiger partial charge in [0.05, 0.1) is 21.1 Å². The molecule has 32 heavy (non-hydrogen) atoms. The lowest BCUT2D eigenvalue weighted by atomic mass is 10.2. The summed E-state index contributed by atoms with van der Waals surface area (Å²) in [6, 6.07) is 9.50. The number of aromatic nitrogens is 4. The van der Waals surface area contributed by atoms with Crippen LogP contribution in [-0.2, 0) is 20.2 Å². The summed E-state index contributed by atoms with van der Waals surface area (Å²) in [7, 11) is 1.84. The van der Waals surface area contributed by atoms with Gasteiger partial charge >= 0.3 is 0 Å². The number of tetrazole rings is 1. The van der Waals surface area contributed by atoms with Gasteiger partial charge in [-0.05, 0) is 81.6 Å². The predicted octanol–water partition coefficient (Wildman–Crippen LogP) is 5.53. The van der Waals surface area contributed by atoms with Crippen LogP contribution in [0.15, 0.2) is 40.0 Å². The van der Waals surface area contributed by atoms with Gasteiger partial charge in [0, 0.05) is 19.3 Å². The van der Waals surface area contributed by atoms with Crippen LogP contribution in [0, 0.1) is 0 Å². The molecule has 2 aromatic carbocycles. The molecule has 0 unspecified atom stereocenters. The molecular weight excluding hydrogens is 537 g/mol. The Balaban J connectivity index is 1.53. The maximum Gasteiger partial charge on any atom is 0.209 e. The Kier molecular flexibility index (Phi) is 9.92. The van der Waals surface area contributed by atoms with Gasteiger partial charge in [0.25, 0.3) is 0 Å². The number of benzene rings is 2. The number of ether oxygens (including phenoxy) is 2. The second-order valence-corrected chi connectivity index (χ2v) is 9.57. The van der Waals surface area contributed by atoms with Crippen LogP contribution in [0.5, 0.6) is 11.5 Å². The van der Waals surface area contributed by atoms with E-state index in [0.717, 1.165) is 46.0 Å². The number of nitrogens with one attached hydrogen (secondary N) is 1. The Hall–Kier alpha value is -1.52. The van der Waals surface area contributed by atoms with E-state index in [1.807, 2.05) is 32.2 Å². The Labute approximate surface area is 210 Å². The molecule has 0 saturated carbocycles. The highest BCUT2D eigenvalue weighted by Crippen LogP contribution is 2.37. The van der Waals surface area contributed by atoms with Crippen LogP contribution in [0.4, 0.5) is 0 Å². The highest BCUT2D eigenvalue weighted by Gasteiger charge is 2.13. The summed E-state index contributed by atoms with van der Waals surface area (Å²) in [5.41, 5.74) is 2.03. The van der Waals surface area contributed by atoms with E-state index in [1.165, 1.54) is 0 Å². The Bertz CT molecular complexity index is 1040. The lowest BCUT2D eigenvalue weighted by Gasteiger charge is -2.16. The summed E-state index contributed by atoms with van der Waals surface area (Å²) in [6.07, 6.45) is 1.00. The third-order valence-electron chi connectivity index (χ3n) is 4.38. The van der Waals surface area contributed by atoms with Crippen LogP contribution in [-0.4, -0.2) is 39.1 Å². The van der Waals surface area contributed by atoms with E-state index in [0.29, 0.717) is 34.8 Å². The zero-order valence-corrected chi connectivity index (χ0v) is 21.7. The summed E-state index contributed by atoms with van der Waals surface area (Å²) in [5, 5.41) is 16.8. The van der Waals surface area contributed by atoms with Crippen molar-refractivity contribution in [3.05, 3.63) is 56.0 Å². The van der Waals surface area contributed by atoms with Gasteiger partial charge in [0.15, 0.2) is 11.5 Å². The smallest absolute Gasteiger partial charge is 0.209 e. The fourth-order valence-corrected chi connectivity index (χ4v) is 4.56. The standard InChI is InChI=1S/C21H24BrCl2N5O2S/c1-3-30-19-11-15(12-25-7-4-8-32-21-26-27-28-29(21)2)9-16(22)20(19)31-13-14-5-6-17(23)18(24)10-14/h5-6,9-11,25H,3-4,7-8,12-13H2,1-2H3. The lowest BCUT2D eigenvalue weighted by molar-refractivity contribution is 0.267. The molecule has 1 heterocycles. The van der Waals surface area contributed by atoms with E-state index in [1.54, 1.807) is 28.6 Å². The van der Waals surface area contributed by atoms with Gasteiger partial charge in [-0.3, -0.25) is 0 Å². The molecule has 0 spiro atoms. The number of rotatable bonds is 12. The first kappa shape index (κ1) is 25.1. The predicted molar refractivity (Wildman–Crippen MR) is 132 cm³/mol. The van der Waals surface area contributed by atoms with Crippen molar-refractivity contribution >= 4 is 50.9 Å². The molecular formula is C21H24BrCl2N5O2S. The van der Waals surface area contributed by atoms with Gasteiger partial charge in [-0.2, -0.15) is 0 Å². The molecule has 0 fully saturated rings. The maximum atomic E-state index is 6.10. The fourth-order valence-electron chi connectivity index (χ4n) is 2.85. The summed E-state index contributed by atoms with van der Waals surface area (Å²) in [5.74, 6) is 2.30. The van der Waals surface area contributed by atoms with E-state index in [4.69, 9.17) is 32.7 Å². The first-order valence-electron chi connectivity index (χ1n) is 10.1. The van der Waals surface area contributed by atoms with Crippen molar-refractivity contribution in [3.8, 4) is 11.5 Å². The lowest BCUT2D eigenvalue weighted by Crippen LogP contribution is -2.15. The summed E-state index contributed by atoms with van der Waals surface area (Å²) < 4.78 is 14.4. The molecule has 1 N–H and O–H groups in total. The topological polar surface area (TPSA) is 74.1 Å². The molecule has 0 radical (unpaired) electrons. The molecule has 0 aliphatic carbocycles. The monoisotopic (exact) mass is 559 g/mol. The normalized spacial score (nSPS) is 11.0. The van der Waals surface area contributed by atoms with Gasteiger partial charge in [0.1, 0.15) is 6.61 Å². The van der Waals surface area contributed by atoms with Crippen molar-refractivity contribution < 1.29 is 9.47 Å². The molecule has 7 nitrogen and oxygen atoms in total. The molecule has 0 saturated heterocycles. The van der Waals surface area contributed by atoms with Gasteiger partial charge < -0.3 is 14.8 Å². The zero-order chi connectivity index (χ0) is 22.9. The largest absolute Gasteiger partial charge is 0.490 e. The van der Waals surface area contributed by atoms with Crippen molar-refractivity contribution in [1.82, 2.24) is 25.5 Å². The van der Waals surface area contributed by atoms with Crippen LogP contribution >= 0.6 is 50.9 Å². The van der Waals surface area contributed by atoms with Crippen LogP contribution in [0.3, 0.4) is 0 Å².